The number of rotatable bonds is 2. The van der Waals surface area contributed by atoms with Gasteiger partial charge >= 0.3 is 11.9 Å². The van der Waals surface area contributed by atoms with E-state index in [2.05, 4.69) is 16.0 Å². The lowest BCUT2D eigenvalue weighted by Gasteiger charge is -2.42. The molecule has 0 saturated carbocycles. The minimum atomic E-state index is -0.448. The van der Waals surface area contributed by atoms with Gasteiger partial charge in [-0.1, -0.05) is 18.2 Å². The van der Waals surface area contributed by atoms with Gasteiger partial charge in [0.05, 0.1) is 31.8 Å². The Balaban J connectivity index is 1.84. The second-order valence-electron chi connectivity index (χ2n) is 6.48. The van der Waals surface area contributed by atoms with Crippen molar-refractivity contribution in [3.8, 4) is 0 Å². The van der Waals surface area contributed by atoms with Gasteiger partial charge in [0.15, 0.2) is 0 Å². The Hall–Kier alpha value is -2.76. The van der Waals surface area contributed by atoms with Crippen LogP contribution in [0.2, 0.25) is 0 Å². The topological polar surface area (TPSA) is 71.6 Å². The molecule has 1 N–H and O–H groups in total. The van der Waals surface area contributed by atoms with Crippen LogP contribution in [0.3, 0.4) is 0 Å². The van der Waals surface area contributed by atoms with Gasteiger partial charge in [0.2, 0.25) is 0 Å². The molecule has 1 aromatic carbocycles. The Bertz CT molecular complexity index is 883. The minimum Gasteiger partial charge on any atom is -0.469 e. The highest BCUT2D eigenvalue weighted by Gasteiger charge is 2.43. The molecule has 4 rings (SSSR count). The highest BCUT2D eigenvalue weighted by molar-refractivity contribution is 5.90. The first-order chi connectivity index (χ1) is 12.1. The quantitative estimate of drug-likeness (QED) is 0.850. The van der Waals surface area contributed by atoms with Crippen LogP contribution in [0.4, 0.5) is 0 Å². The van der Waals surface area contributed by atoms with Crippen molar-refractivity contribution in [1.82, 2.24) is 9.88 Å². The number of aromatic nitrogens is 1. The standard InChI is InChI=1S/C19H20N2O4/c1-24-18(22)11-9-14(19(23)25-2)17-16-13(7-8-21(17)10-11)12-5-3-4-6-15(12)20-16/h3-6,10,14,17,20H,7-9H2,1-2H3/t14-,17-/m0/s1. The molecule has 130 valence electrons. The SMILES string of the molecule is COC(=O)C1=CN2CCc3c([nH]c4ccccc34)[C@@H]2[C@@H](C(=O)OC)C1. The number of nitrogens with zero attached hydrogens (tertiary/aromatic N) is 1. The molecule has 0 bridgehead atoms. The van der Waals surface area contributed by atoms with Gasteiger partial charge < -0.3 is 19.4 Å². The van der Waals surface area contributed by atoms with E-state index in [0.717, 1.165) is 24.2 Å². The molecule has 25 heavy (non-hydrogen) atoms. The van der Waals surface area contributed by atoms with Crippen molar-refractivity contribution in [3.05, 3.63) is 47.3 Å². The van der Waals surface area contributed by atoms with Crippen LogP contribution < -0.4 is 0 Å². The highest BCUT2D eigenvalue weighted by Crippen LogP contribution is 2.44. The van der Waals surface area contributed by atoms with E-state index in [9.17, 15) is 9.59 Å². The number of aromatic amines is 1. The van der Waals surface area contributed by atoms with Gasteiger partial charge in [0.25, 0.3) is 0 Å². The van der Waals surface area contributed by atoms with E-state index >= 15 is 0 Å². The van der Waals surface area contributed by atoms with Crippen molar-refractivity contribution < 1.29 is 19.1 Å². The molecule has 0 unspecified atom stereocenters. The van der Waals surface area contributed by atoms with Crippen LogP contribution in [-0.2, 0) is 25.5 Å². The molecule has 6 nitrogen and oxygen atoms in total. The Morgan fingerprint density at radius 2 is 2.00 bits per heavy atom. The minimum absolute atomic E-state index is 0.156. The molecule has 0 amide bonds. The first kappa shape index (κ1) is 15.7. The summed E-state index contributed by atoms with van der Waals surface area (Å²) in [5, 5.41) is 1.20. The van der Waals surface area contributed by atoms with Gasteiger partial charge in [-0.25, -0.2) is 4.79 Å². The number of esters is 2. The summed E-state index contributed by atoms with van der Waals surface area (Å²) in [6.07, 6.45) is 3.01. The van der Waals surface area contributed by atoms with Gasteiger partial charge in [0, 0.05) is 29.3 Å². The number of H-pyrrole nitrogens is 1. The summed E-state index contributed by atoms with van der Waals surface area (Å²) < 4.78 is 9.89. The van der Waals surface area contributed by atoms with Crippen molar-refractivity contribution in [2.24, 2.45) is 5.92 Å². The average molecular weight is 340 g/mol. The number of carbonyl (C=O) groups excluding carboxylic acids is 2. The van der Waals surface area contributed by atoms with Crippen LogP contribution in [0, 0.1) is 5.92 Å². The predicted octanol–water partition coefficient (Wildman–Crippen LogP) is 2.32. The van der Waals surface area contributed by atoms with Crippen LogP contribution in [0.25, 0.3) is 10.9 Å². The van der Waals surface area contributed by atoms with Gasteiger partial charge in [-0.2, -0.15) is 0 Å². The van der Waals surface area contributed by atoms with E-state index in [1.807, 2.05) is 24.4 Å². The summed E-state index contributed by atoms with van der Waals surface area (Å²) in [5.74, 6) is -1.15. The predicted molar refractivity (Wildman–Crippen MR) is 91.7 cm³/mol. The van der Waals surface area contributed by atoms with Crippen molar-refractivity contribution in [3.63, 3.8) is 0 Å². The lowest BCUT2D eigenvalue weighted by Crippen LogP contribution is -2.43. The monoisotopic (exact) mass is 340 g/mol. The second kappa shape index (κ2) is 5.95. The fourth-order valence-corrected chi connectivity index (χ4v) is 4.10. The number of hydrogen-bond acceptors (Lipinski definition) is 5. The van der Waals surface area contributed by atoms with Crippen LogP contribution in [0.15, 0.2) is 36.0 Å². The van der Waals surface area contributed by atoms with Crippen LogP contribution in [0.1, 0.15) is 23.7 Å². The molecule has 0 spiro atoms. The number of hydrogen-bond donors (Lipinski definition) is 1. The van der Waals surface area contributed by atoms with E-state index in [1.165, 1.54) is 25.2 Å². The number of fused-ring (bicyclic) bond motifs is 5. The summed E-state index contributed by atoms with van der Waals surface area (Å²) >= 11 is 0. The van der Waals surface area contributed by atoms with Crippen molar-refractivity contribution in [1.29, 1.82) is 0 Å². The van der Waals surface area contributed by atoms with E-state index in [1.54, 1.807) is 0 Å². The van der Waals surface area contributed by atoms with Crippen molar-refractivity contribution in [2.75, 3.05) is 20.8 Å². The van der Waals surface area contributed by atoms with Gasteiger partial charge in [-0.3, -0.25) is 4.79 Å². The van der Waals surface area contributed by atoms with Crippen molar-refractivity contribution in [2.45, 2.75) is 18.9 Å². The number of nitrogens with one attached hydrogen (secondary N) is 1. The number of carbonyl (C=O) groups is 2. The zero-order valence-electron chi connectivity index (χ0n) is 14.2. The van der Waals surface area contributed by atoms with Gasteiger partial charge in [-0.05, 0) is 24.5 Å². The number of ether oxygens (including phenoxy) is 2. The number of para-hydroxylation sites is 1. The molecule has 0 saturated heterocycles. The molecular weight excluding hydrogens is 320 g/mol. The molecule has 2 atom stereocenters. The Labute approximate surface area is 145 Å². The zero-order chi connectivity index (χ0) is 17.6. The molecule has 2 aliphatic rings. The lowest BCUT2D eigenvalue weighted by molar-refractivity contribution is -0.148. The molecule has 0 fully saturated rings. The third-order valence-corrected chi connectivity index (χ3v) is 5.21. The van der Waals surface area contributed by atoms with Crippen molar-refractivity contribution >= 4 is 22.8 Å². The largest absolute Gasteiger partial charge is 0.469 e. The Morgan fingerprint density at radius 1 is 1.20 bits per heavy atom. The summed E-state index contributed by atoms with van der Waals surface area (Å²) in [6, 6.07) is 8.01. The first-order valence-corrected chi connectivity index (χ1v) is 8.36. The summed E-state index contributed by atoms with van der Waals surface area (Å²) in [6.45, 7) is 0.744. The third kappa shape index (κ3) is 2.40. The highest BCUT2D eigenvalue weighted by atomic mass is 16.5. The van der Waals surface area contributed by atoms with Crippen LogP contribution in [-0.4, -0.2) is 42.6 Å². The molecule has 2 aliphatic heterocycles. The Morgan fingerprint density at radius 3 is 2.76 bits per heavy atom. The average Bonchev–Trinajstić information content (AvgIpc) is 3.04. The zero-order valence-corrected chi connectivity index (χ0v) is 14.2. The molecule has 1 aromatic heterocycles. The number of benzene rings is 1. The van der Waals surface area contributed by atoms with E-state index in [-0.39, 0.29) is 12.0 Å². The van der Waals surface area contributed by atoms with Crippen LogP contribution >= 0.6 is 0 Å². The molecule has 3 heterocycles. The van der Waals surface area contributed by atoms with E-state index < -0.39 is 11.9 Å². The molecular formula is C19H20N2O4. The van der Waals surface area contributed by atoms with Gasteiger partial charge in [0.1, 0.15) is 0 Å². The first-order valence-electron chi connectivity index (χ1n) is 8.36. The molecule has 6 heteroatoms. The van der Waals surface area contributed by atoms with Gasteiger partial charge in [-0.15, -0.1) is 0 Å². The van der Waals surface area contributed by atoms with E-state index in [0.29, 0.717) is 12.0 Å². The summed E-state index contributed by atoms with van der Waals surface area (Å²) in [5.41, 5.74) is 3.87. The fourth-order valence-electron chi connectivity index (χ4n) is 4.10. The molecule has 0 radical (unpaired) electrons. The maximum Gasteiger partial charge on any atom is 0.335 e. The smallest absolute Gasteiger partial charge is 0.335 e. The Kier molecular flexibility index (Phi) is 3.75. The summed E-state index contributed by atoms with van der Waals surface area (Å²) in [7, 11) is 2.74. The maximum absolute atomic E-state index is 12.5. The third-order valence-electron chi connectivity index (χ3n) is 5.21. The fraction of sp³-hybridized carbons (Fsp3) is 0.368. The maximum atomic E-state index is 12.5. The molecule has 2 aromatic rings. The lowest BCUT2D eigenvalue weighted by atomic mass is 9.82. The summed E-state index contributed by atoms with van der Waals surface area (Å²) in [4.78, 5) is 30.0. The van der Waals surface area contributed by atoms with Crippen LogP contribution in [0.5, 0.6) is 0 Å². The number of methoxy groups -OCH3 is 2. The normalized spacial score (nSPS) is 22.0. The molecule has 0 aliphatic carbocycles. The second-order valence-corrected chi connectivity index (χ2v) is 6.48. The van der Waals surface area contributed by atoms with E-state index in [4.69, 9.17) is 9.47 Å².